The van der Waals surface area contributed by atoms with Crippen LogP contribution in [0.15, 0.2) is 9.98 Å². The highest BCUT2D eigenvalue weighted by Gasteiger charge is 2.14. The maximum atomic E-state index is 5.36. The summed E-state index contributed by atoms with van der Waals surface area (Å²) in [6, 6.07) is 0.437. The largest absolute Gasteiger partial charge is 0.379 e. The lowest BCUT2D eigenvalue weighted by Gasteiger charge is -2.22. The van der Waals surface area contributed by atoms with E-state index < -0.39 is 0 Å². The molecule has 5 heteroatoms. The van der Waals surface area contributed by atoms with E-state index in [9.17, 15) is 0 Å². The fourth-order valence-corrected chi connectivity index (χ4v) is 2.53. The van der Waals surface area contributed by atoms with Crippen molar-refractivity contribution < 1.29 is 4.74 Å². The summed E-state index contributed by atoms with van der Waals surface area (Å²) in [6.07, 6.45) is 4.14. The van der Waals surface area contributed by atoms with Crippen LogP contribution >= 0.6 is 27.3 Å². The van der Waals surface area contributed by atoms with Crippen LogP contribution in [0, 0.1) is 0 Å². The Morgan fingerprint density at radius 1 is 1.69 bits per heavy atom. The highest BCUT2D eigenvalue weighted by atomic mass is 79.9. The van der Waals surface area contributed by atoms with Crippen molar-refractivity contribution in [2.45, 2.75) is 18.9 Å². The second-order valence-electron chi connectivity index (χ2n) is 3.03. The molecule has 1 fully saturated rings. The minimum atomic E-state index is 0.437. The molecule has 13 heavy (non-hydrogen) atoms. The zero-order chi connectivity index (χ0) is 9.10. The molecule has 0 spiro atoms. The SMILES string of the molecule is Brc1cnc(NC2CCCOC2)s1. The molecule has 1 aliphatic heterocycles. The number of aromatic nitrogens is 1. The zero-order valence-electron chi connectivity index (χ0n) is 7.12. The molecule has 1 aromatic heterocycles. The smallest absolute Gasteiger partial charge is 0.184 e. The first-order valence-electron chi connectivity index (χ1n) is 4.30. The van der Waals surface area contributed by atoms with Crippen molar-refractivity contribution in [1.82, 2.24) is 4.98 Å². The van der Waals surface area contributed by atoms with Crippen LogP contribution in [-0.4, -0.2) is 24.2 Å². The van der Waals surface area contributed by atoms with Gasteiger partial charge in [-0.2, -0.15) is 0 Å². The van der Waals surface area contributed by atoms with Gasteiger partial charge in [-0.15, -0.1) is 0 Å². The number of rotatable bonds is 2. The van der Waals surface area contributed by atoms with Crippen molar-refractivity contribution in [3.05, 3.63) is 9.98 Å². The lowest BCUT2D eigenvalue weighted by Crippen LogP contribution is -2.29. The van der Waals surface area contributed by atoms with Gasteiger partial charge in [-0.25, -0.2) is 4.98 Å². The zero-order valence-corrected chi connectivity index (χ0v) is 9.53. The van der Waals surface area contributed by atoms with Crippen molar-refractivity contribution in [3.63, 3.8) is 0 Å². The molecule has 2 heterocycles. The molecule has 0 aromatic carbocycles. The normalized spacial score (nSPS) is 23.0. The van der Waals surface area contributed by atoms with Gasteiger partial charge in [-0.1, -0.05) is 11.3 Å². The highest BCUT2D eigenvalue weighted by molar-refractivity contribution is 9.11. The van der Waals surface area contributed by atoms with Crippen LogP contribution in [0.4, 0.5) is 5.13 Å². The van der Waals surface area contributed by atoms with Crippen molar-refractivity contribution in [2.75, 3.05) is 18.5 Å². The minimum absolute atomic E-state index is 0.437. The highest BCUT2D eigenvalue weighted by Crippen LogP contribution is 2.24. The van der Waals surface area contributed by atoms with E-state index in [0.29, 0.717) is 6.04 Å². The summed E-state index contributed by atoms with van der Waals surface area (Å²) in [6.45, 7) is 1.71. The Morgan fingerprint density at radius 2 is 2.62 bits per heavy atom. The molecule has 0 aliphatic carbocycles. The van der Waals surface area contributed by atoms with Crippen LogP contribution in [0.1, 0.15) is 12.8 Å². The molecule has 0 saturated carbocycles. The van der Waals surface area contributed by atoms with Crippen LogP contribution in [0.5, 0.6) is 0 Å². The van der Waals surface area contributed by atoms with Crippen LogP contribution in [0.2, 0.25) is 0 Å². The van der Waals surface area contributed by atoms with Crippen molar-refractivity contribution >= 4 is 32.4 Å². The summed E-state index contributed by atoms with van der Waals surface area (Å²) in [4.78, 5) is 4.21. The monoisotopic (exact) mass is 262 g/mol. The first-order chi connectivity index (χ1) is 6.34. The Balaban J connectivity index is 1.89. The molecular weight excluding hydrogens is 252 g/mol. The van der Waals surface area contributed by atoms with Crippen molar-refractivity contribution in [1.29, 1.82) is 0 Å². The molecule has 0 amide bonds. The van der Waals surface area contributed by atoms with E-state index in [-0.39, 0.29) is 0 Å². The number of thiazole rings is 1. The van der Waals surface area contributed by atoms with Gasteiger partial charge in [0.1, 0.15) is 0 Å². The van der Waals surface area contributed by atoms with Crippen LogP contribution in [0.25, 0.3) is 0 Å². The van der Waals surface area contributed by atoms with Gasteiger partial charge in [0, 0.05) is 6.61 Å². The molecule has 1 atom stereocenters. The Bertz CT molecular complexity index is 273. The molecule has 1 unspecified atom stereocenters. The quantitative estimate of drug-likeness (QED) is 0.890. The molecule has 1 aliphatic rings. The number of halogens is 1. The number of hydrogen-bond donors (Lipinski definition) is 1. The van der Waals surface area contributed by atoms with Gasteiger partial charge in [-0.05, 0) is 28.8 Å². The summed E-state index contributed by atoms with van der Waals surface area (Å²) >= 11 is 5.00. The van der Waals surface area contributed by atoms with E-state index in [0.717, 1.165) is 28.6 Å². The number of nitrogens with one attached hydrogen (secondary N) is 1. The summed E-state index contributed by atoms with van der Waals surface area (Å²) < 4.78 is 6.43. The Kier molecular flexibility index (Phi) is 3.18. The lowest BCUT2D eigenvalue weighted by atomic mass is 10.1. The van der Waals surface area contributed by atoms with Crippen LogP contribution < -0.4 is 5.32 Å². The van der Waals surface area contributed by atoms with E-state index in [1.54, 1.807) is 11.3 Å². The van der Waals surface area contributed by atoms with E-state index in [1.807, 2.05) is 6.20 Å². The molecule has 1 N–H and O–H groups in total. The number of ether oxygens (including phenoxy) is 1. The Hall–Kier alpha value is -0.130. The second kappa shape index (κ2) is 4.39. The van der Waals surface area contributed by atoms with E-state index in [2.05, 4.69) is 26.2 Å². The van der Waals surface area contributed by atoms with E-state index >= 15 is 0 Å². The van der Waals surface area contributed by atoms with Crippen LogP contribution in [-0.2, 0) is 4.74 Å². The number of hydrogen-bond acceptors (Lipinski definition) is 4. The first-order valence-corrected chi connectivity index (χ1v) is 5.91. The summed E-state index contributed by atoms with van der Waals surface area (Å²) in [5.74, 6) is 0. The molecule has 0 bridgehead atoms. The van der Waals surface area contributed by atoms with Crippen molar-refractivity contribution in [3.8, 4) is 0 Å². The third kappa shape index (κ3) is 2.65. The molecule has 0 radical (unpaired) electrons. The first kappa shape index (κ1) is 9.43. The van der Waals surface area contributed by atoms with Gasteiger partial charge >= 0.3 is 0 Å². The standard InChI is InChI=1S/C8H11BrN2OS/c9-7-4-10-8(13-7)11-6-2-1-3-12-5-6/h4,6H,1-3,5H2,(H,10,11). The van der Waals surface area contributed by atoms with Crippen LogP contribution in [0.3, 0.4) is 0 Å². The van der Waals surface area contributed by atoms with E-state index in [4.69, 9.17) is 4.74 Å². The Morgan fingerprint density at radius 3 is 3.23 bits per heavy atom. The summed E-state index contributed by atoms with van der Waals surface area (Å²) in [5.41, 5.74) is 0. The minimum Gasteiger partial charge on any atom is -0.379 e. The topological polar surface area (TPSA) is 34.2 Å². The van der Waals surface area contributed by atoms with Gasteiger partial charge in [0.2, 0.25) is 0 Å². The van der Waals surface area contributed by atoms with Gasteiger partial charge < -0.3 is 10.1 Å². The van der Waals surface area contributed by atoms with Gasteiger partial charge in [0.25, 0.3) is 0 Å². The third-order valence-electron chi connectivity index (χ3n) is 1.97. The van der Waals surface area contributed by atoms with Crippen molar-refractivity contribution in [2.24, 2.45) is 0 Å². The Labute approximate surface area is 89.6 Å². The average molecular weight is 263 g/mol. The van der Waals surface area contributed by atoms with Gasteiger partial charge in [-0.3, -0.25) is 0 Å². The predicted octanol–water partition coefficient (Wildman–Crippen LogP) is 2.50. The molecule has 1 aromatic rings. The number of anilines is 1. The summed E-state index contributed by atoms with van der Waals surface area (Å²) in [7, 11) is 0. The molecule has 72 valence electrons. The molecule has 1 saturated heterocycles. The van der Waals surface area contributed by atoms with Gasteiger partial charge in [0.05, 0.1) is 22.6 Å². The second-order valence-corrected chi connectivity index (χ2v) is 5.44. The van der Waals surface area contributed by atoms with Gasteiger partial charge in [0.15, 0.2) is 5.13 Å². The molecule has 3 nitrogen and oxygen atoms in total. The predicted molar refractivity (Wildman–Crippen MR) is 57.3 cm³/mol. The average Bonchev–Trinajstić information content (AvgIpc) is 2.53. The molecule has 2 rings (SSSR count). The molecular formula is C8H11BrN2OS. The lowest BCUT2D eigenvalue weighted by molar-refractivity contribution is 0.0876. The third-order valence-corrected chi connectivity index (χ3v) is 3.37. The van der Waals surface area contributed by atoms with E-state index in [1.165, 1.54) is 6.42 Å². The fourth-order valence-electron chi connectivity index (χ4n) is 1.35. The number of nitrogens with zero attached hydrogens (tertiary/aromatic N) is 1. The maximum absolute atomic E-state index is 5.36. The summed E-state index contributed by atoms with van der Waals surface area (Å²) in [5, 5.41) is 4.33. The fraction of sp³-hybridized carbons (Fsp3) is 0.625. The maximum Gasteiger partial charge on any atom is 0.184 e.